The summed E-state index contributed by atoms with van der Waals surface area (Å²) in [5, 5.41) is 28.8. The molecule has 9 heteroatoms. The third-order valence-electron chi connectivity index (χ3n) is 4.59. The van der Waals surface area contributed by atoms with Crippen molar-refractivity contribution in [1.29, 1.82) is 0 Å². The molecule has 0 bridgehead atoms. The molecule has 3 N–H and O–H groups in total. The minimum atomic E-state index is -1.16. The Balaban J connectivity index is 2.52. The third-order valence-corrected chi connectivity index (χ3v) is 5.30. The fourth-order valence-electron chi connectivity index (χ4n) is 2.98. The number of benzene rings is 1. The van der Waals surface area contributed by atoms with Crippen molar-refractivity contribution < 1.29 is 24.5 Å². The highest BCUT2D eigenvalue weighted by atomic mass is 32.2. The molecule has 0 spiro atoms. The van der Waals surface area contributed by atoms with E-state index in [0.29, 0.717) is 22.8 Å². The molecule has 1 heterocycles. The SMILES string of the molecule is CSN(C)c1nc(-c2ccc(F)cc2)c(C=C[C@@H](O)C[C@@H](O)CC(=O)O)c(C(C)C)n1. The number of carboxylic acid groups (broad SMARTS) is 1. The lowest BCUT2D eigenvalue weighted by Gasteiger charge is -2.20. The van der Waals surface area contributed by atoms with Crippen LogP contribution in [0, 0.1) is 5.82 Å². The highest BCUT2D eigenvalue weighted by Gasteiger charge is 2.19. The Bertz CT molecular complexity index is 922. The van der Waals surface area contributed by atoms with Crippen LogP contribution in [0.2, 0.25) is 0 Å². The minimum Gasteiger partial charge on any atom is -0.481 e. The average Bonchev–Trinajstić information content (AvgIpc) is 2.70. The van der Waals surface area contributed by atoms with Gasteiger partial charge in [0.15, 0.2) is 0 Å². The van der Waals surface area contributed by atoms with Gasteiger partial charge in [0.25, 0.3) is 0 Å². The van der Waals surface area contributed by atoms with Gasteiger partial charge in [0.1, 0.15) is 5.82 Å². The molecule has 0 fully saturated rings. The van der Waals surface area contributed by atoms with Crippen LogP contribution >= 0.6 is 11.9 Å². The molecule has 2 atom stereocenters. The molecule has 0 saturated carbocycles. The van der Waals surface area contributed by atoms with E-state index in [9.17, 15) is 19.4 Å². The van der Waals surface area contributed by atoms with Crippen molar-refractivity contribution in [1.82, 2.24) is 9.97 Å². The summed E-state index contributed by atoms with van der Waals surface area (Å²) in [5.41, 5.74) is 2.71. The van der Waals surface area contributed by atoms with Crippen molar-refractivity contribution in [2.75, 3.05) is 17.6 Å². The van der Waals surface area contributed by atoms with Crippen LogP contribution in [0.3, 0.4) is 0 Å². The van der Waals surface area contributed by atoms with Crippen LogP contribution in [-0.4, -0.2) is 56.8 Å². The van der Waals surface area contributed by atoms with E-state index in [1.54, 1.807) is 18.2 Å². The van der Waals surface area contributed by atoms with E-state index in [-0.39, 0.29) is 18.2 Å². The van der Waals surface area contributed by atoms with Crippen LogP contribution in [0.1, 0.15) is 43.9 Å². The second kappa shape index (κ2) is 11.2. The third kappa shape index (κ3) is 7.02. The number of aromatic nitrogens is 2. The van der Waals surface area contributed by atoms with Crippen molar-refractivity contribution in [3.05, 3.63) is 47.4 Å². The number of carbonyl (C=O) groups is 1. The summed E-state index contributed by atoms with van der Waals surface area (Å²) in [6, 6.07) is 5.98. The highest BCUT2D eigenvalue weighted by molar-refractivity contribution is 7.99. The van der Waals surface area contributed by atoms with Gasteiger partial charge < -0.3 is 15.3 Å². The second-order valence-electron chi connectivity index (χ2n) is 7.43. The maximum Gasteiger partial charge on any atom is 0.305 e. The molecule has 0 aliphatic carbocycles. The summed E-state index contributed by atoms with van der Waals surface area (Å²) in [7, 11) is 1.85. The Morgan fingerprint density at radius 1 is 1.23 bits per heavy atom. The van der Waals surface area contributed by atoms with Gasteiger partial charge >= 0.3 is 5.97 Å². The van der Waals surface area contributed by atoms with Crippen LogP contribution in [0.5, 0.6) is 0 Å². The summed E-state index contributed by atoms with van der Waals surface area (Å²) < 4.78 is 15.3. The number of hydrogen-bond donors (Lipinski definition) is 3. The Kier molecular flexibility index (Phi) is 8.97. The zero-order valence-electron chi connectivity index (χ0n) is 18.0. The molecule has 2 aromatic rings. The summed E-state index contributed by atoms with van der Waals surface area (Å²) in [6.45, 7) is 3.98. The van der Waals surface area contributed by atoms with Crippen LogP contribution in [0.4, 0.5) is 10.3 Å². The summed E-state index contributed by atoms with van der Waals surface area (Å²) in [4.78, 5) is 20.1. The van der Waals surface area contributed by atoms with Gasteiger partial charge in [-0.3, -0.25) is 9.10 Å². The molecule has 31 heavy (non-hydrogen) atoms. The fraction of sp³-hybridized carbons (Fsp3) is 0.409. The molecular weight excluding hydrogens is 421 g/mol. The first kappa shape index (κ1) is 24.8. The van der Waals surface area contributed by atoms with E-state index >= 15 is 0 Å². The first-order valence-corrected chi connectivity index (χ1v) is 11.0. The quantitative estimate of drug-likeness (QED) is 0.471. The van der Waals surface area contributed by atoms with Gasteiger partial charge in [0.2, 0.25) is 5.95 Å². The van der Waals surface area contributed by atoms with E-state index in [0.717, 1.165) is 5.69 Å². The summed E-state index contributed by atoms with van der Waals surface area (Å²) in [5.74, 6) is -0.953. The van der Waals surface area contributed by atoms with Gasteiger partial charge in [-0.1, -0.05) is 37.9 Å². The topological polar surface area (TPSA) is 107 Å². The first-order valence-electron chi connectivity index (χ1n) is 9.84. The Morgan fingerprint density at radius 2 is 1.87 bits per heavy atom. The first-order chi connectivity index (χ1) is 14.6. The largest absolute Gasteiger partial charge is 0.481 e. The predicted molar refractivity (Wildman–Crippen MR) is 121 cm³/mol. The van der Waals surface area contributed by atoms with Crippen molar-refractivity contribution in [2.45, 2.75) is 44.8 Å². The van der Waals surface area contributed by atoms with Crippen molar-refractivity contribution in [2.24, 2.45) is 0 Å². The Morgan fingerprint density at radius 3 is 2.42 bits per heavy atom. The van der Waals surface area contributed by atoms with E-state index in [4.69, 9.17) is 5.11 Å². The van der Waals surface area contributed by atoms with Crippen LogP contribution in [0.15, 0.2) is 30.3 Å². The zero-order valence-corrected chi connectivity index (χ0v) is 18.8. The monoisotopic (exact) mass is 449 g/mol. The summed E-state index contributed by atoms with van der Waals surface area (Å²) in [6.07, 6.45) is 2.30. The standard InChI is InChI=1S/C22H28FN3O4S/c1-13(2)20-18(10-9-16(27)11-17(28)12-19(29)30)21(14-5-7-15(23)8-6-14)25-22(24-20)26(3)31-4/h5-10,13,16-17,27-28H,11-12H2,1-4H3,(H,29,30)/t16-,17-/m1/s1. The molecule has 7 nitrogen and oxygen atoms in total. The highest BCUT2D eigenvalue weighted by Crippen LogP contribution is 2.32. The van der Waals surface area contributed by atoms with E-state index < -0.39 is 24.6 Å². The molecule has 1 aromatic heterocycles. The Hall–Kier alpha value is -2.49. The zero-order chi connectivity index (χ0) is 23.1. The van der Waals surface area contributed by atoms with Gasteiger partial charge in [-0.05, 0) is 30.2 Å². The van der Waals surface area contributed by atoms with Crippen LogP contribution in [0.25, 0.3) is 17.3 Å². The number of carboxylic acids is 1. The molecule has 0 unspecified atom stereocenters. The molecule has 0 amide bonds. The molecular formula is C22H28FN3O4S. The van der Waals surface area contributed by atoms with Crippen molar-refractivity contribution >= 4 is 29.9 Å². The number of nitrogens with zero attached hydrogens (tertiary/aromatic N) is 3. The van der Waals surface area contributed by atoms with Gasteiger partial charge in [0.05, 0.1) is 30.0 Å². The number of anilines is 1. The number of aliphatic hydroxyl groups excluding tert-OH is 2. The molecule has 1 aromatic carbocycles. The number of hydrogen-bond acceptors (Lipinski definition) is 7. The van der Waals surface area contributed by atoms with E-state index in [2.05, 4.69) is 9.97 Å². The molecule has 2 rings (SSSR count). The van der Waals surface area contributed by atoms with Gasteiger partial charge in [-0.2, -0.15) is 0 Å². The average molecular weight is 450 g/mol. The van der Waals surface area contributed by atoms with Crippen LogP contribution in [-0.2, 0) is 4.79 Å². The van der Waals surface area contributed by atoms with Crippen molar-refractivity contribution in [3.8, 4) is 11.3 Å². The number of aliphatic carboxylic acids is 1. The smallest absolute Gasteiger partial charge is 0.305 e. The number of aliphatic hydroxyl groups is 2. The van der Waals surface area contributed by atoms with Crippen LogP contribution < -0.4 is 4.31 Å². The fourth-order valence-corrected chi connectivity index (χ4v) is 3.22. The maximum absolute atomic E-state index is 13.5. The Labute approximate surface area is 185 Å². The lowest BCUT2D eigenvalue weighted by Crippen LogP contribution is -2.19. The molecule has 0 saturated heterocycles. The van der Waals surface area contributed by atoms with Gasteiger partial charge in [-0.25, -0.2) is 14.4 Å². The minimum absolute atomic E-state index is 0.0330. The lowest BCUT2D eigenvalue weighted by molar-refractivity contribution is -0.139. The van der Waals surface area contributed by atoms with Gasteiger partial charge in [-0.15, -0.1) is 0 Å². The van der Waals surface area contributed by atoms with Gasteiger partial charge in [0, 0.05) is 30.9 Å². The lowest BCUT2D eigenvalue weighted by atomic mass is 9.97. The summed E-state index contributed by atoms with van der Waals surface area (Å²) >= 11 is 1.45. The number of rotatable bonds is 10. The normalized spacial score (nSPS) is 13.5. The maximum atomic E-state index is 13.5. The second-order valence-corrected chi connectivity index (χ2v) is 8.34. The molecule has 0 radical (unpaired) electrons. The predicted octanol–water partition coefficient (Wildman–Crippen LogP) is 3.72. The molecule has 0 aliphatic heterocycles. The number of halogens is 1. The van der Waals surface area contributed by atoms with E-state index in [1.165, 1.54) is 30.2 Å². The van der Waals surface area contributed by atoms with Crippen molar-refractivity contribution in [3.63, 3.8) is 0 Å². The molecule has 0 aliphatic rings. The molecule has 168 valence electrons. The van der Waals surface area contributed by atoms with E-state index in [1.807, 2.05) is 31.5 Å².